The quantitative estimate of drug-likeness (QED) is 0.670. The molecule has 1 aromatic rings. The molecule has 0 aromatic carbocycles. The number of carbonyl (C=O) groups is 2. The second kappa shape index (κ2) is 6.59. The molecule has 0 saturated carbocycles. The molecule has 5 nitrogen and oxygen atoms in total. The van der Waals surface area contributed by atoms with Gasteiger partial charge in [-0.25, -0.2) is 9.78 Å². The van der Waals surface area contributed by atoms with Gasteiger partial charge in [0.2, 0.25) is 0 Å². The van der Waals surface area contributed by atoms with Gasteiger partial charge < -0.3 is 4.74 Å². The van der Waals surface area contributed by atoms with Crippen LogP contribution in [-0.2, 0) is 4.74 Å². The Balaban J connectivity index is 2.46. The molecule has 1 rings (SSSR count). The largest absolute Gasteiger partial charge is 0.449 e. The summed E-state index contributed by atoms with van der Waals surface area (Å²) in [6.45, 7) is 2.39. The van der Waals surface area contributed by atoms with Crippen LogP contribution in [0.4, 0.5) is 9.93 Å². The fourth-order valence-corrected chi connectivity index (χ4v) is 2.16. The predicted molar refractivity (Wildman–Crippen MR) is 65.1 cm³/mol. The number of hydrogen-bond donors (Lipinski definition) is 1. The van der Waals surface area contributed by atoms with E-state index in [9.17, 15) is 9.59 Å². The van der Waals surface area contributed by atoms with E-state index in [0.717, 1.165) is 24.2 Å². The molecule has 0 radical (unpaired) electrons. The highest BCUT2D eigenvalue weighted by Crippen LogP contribution is 2.25. The van der Waals surface area contributed by atoms with Crippen LogP contribution in [0.1, 0.15) is 29.4 Å². The van der Waals surface area contributed by atoms with Crippen molar-refractivity contribution >= 4 is 44.8 Å². The van der Waals surface area contributed by atoms with Crippen molar-refractivity contribution in [2.75, 3.05) is 11.9 Å². The van der Waals surface area contributed by atoms with Crippen LogP contribution in [0.5, 0.6) is 0 Å². The number of carbonyl (C=O) groups excluding carboxylic acids is 2. The molecule has 0 aliphatic heterocycles. The third kappa shape index (κ3) is 3.90. The number of nitrogens with zero attached hydrogens (tertiary/aromatic N) is 1. The van der Waals surface area contributed by atoms with E-state index < -0.39 is 6.09 Å². The fraction of sp³-hybridized carbons (Fsp3) is 0.444. The van der Waals surface area contributed by atoms with Crippen molar-refractivity contribution < 1.29 is 14.3 Å². The molecule has 0 unspecified atom stereocenters. The van der Waals surface area contributed by atoms with Gasteiger partial charge in [0.1, 0.15) is 9.48 Å². The lowest BCUT2D eigenvalue weighted by Crippen LogP contribution is -2.14. The maximum Gasteiger partial charge on any atom is 0.413 e. The molecule has 0 fully saturated rings. The van der Waals surface area contributed by atoms with Crippen LogP contribution < -0.4 is 5.32 Å². The van der Waals surface area contributed by atoms with Crippen LogP contribution in [0, 0.1) is 0 Å². The average Bonchev–Trinajstić information content (AvgIpc) is 2.59. The van der Waals surface area contributed by atoms with Crippen molar-refractivity contribution in [3.63, 3.8) is 0 Å². The topological polar surface area (TPSA) is 68.3 Å². The van der Waals surface area contributed by atoms with Crippen LogP contribution in [0.15, 0.2) is 4.60 Å². The SMILES string of the molecule is CCCCOC(=O)Nc1nc(Br)c(C=O)s1. The van der Waals surface area contributed by atoms with Crippen molar-refractivity contribution in [1.82, 2.24) is 4.98 Å². The normalized spacial score (nSPS) is 9.88. The lowest BCUT2D eigenvalue weighted by molar-refractivity contribution is 0.112. The summed E-state index contributed by atoms with van der Waals surface area (Å²) in [5.41, 5.74) is 0. The summed E-state index contributed by atoms with van der Waals surface area (Å²) in [6.07, 6.45) is 1.92. The van der Waals surface area contributed by atoms with E-state index >= 15 is 0 Å². The van der Waals surface area contributed by atoms with E-state index in [0.29, 0.717) is 27.5 Å². The van der Waals surface area contributed by atoms with E-state index in [2.05, 4.69) is 26.2 Å². The lowest BCUT2D eigenvalue weighted by atomic mass is 10.4. The first-order chi connectivity index (χ1) is 7.67. The number of hydrogen-bond acceptors (Lipinski definition) is 5. The molecular weight excluding hydrogens is 296 g/mol. The first kappa shape index (κ1) is 13.1. The Morgan fingerprint density at radius 3 is 3.00 bits per heavy atom. The number of aromatic nitrogens is 1. The number of amides is 1. The Morgan fingerprint density at radius 2 is 2.44 bits per heavy atom. The summed E-state index contributed by atoms with van der Waals surface area (Å²) >= 11 is 4.20. The van der Waals surface area contributed by atoms with Crippen molar-refractivity contribution in [2.45, 2.75) is 19.8 Å². The number of rotatable bonds is 5. The Morgan fingerprint density at radius 1 is 1.69 bits per heavy atom. The van der Waals surface area contributed by atoms with Gasteiger partial charge in [-0.1, -0.05) is 24.7 Å². The lowest BCUT2D eigenvalue weighted by Gasteiger charge is -2.02. The minimum atomic E-state index is -0.549. The van der Waals surface area contributed by atoms with Gasteiger partial charge in [0.25, 0.3) is 0 Å². The Labute approximate surface area is 105 Å². The zero-order valence-electron chi connectivity index (χ0n) is 8.66. The Kier molecular flexibility index (Phi) is 5.41. The average molecular weight is 307 g/mol. The maximum atomic E-state index is 11.2. The molecule has 0 aliphatic rings. The standard InChI is InChI=1S/C9H11BrN2O3S/c1-2-3-4-15-9(14)12-8-11-7(10)6(5-13)16-8/h5H,2-4H2,1H3,(H,11,12,14). The zero-order valence-corrected chi connectivity index (χ0v) is 11.1. The predicted octanol–water partition coefficient (Wildman–Crippen LogP) is 3.07. The first-order valence-electron chi connectivity index (χ1n) is 4.72. The molecule has 1 aromatic heterocycles. The molecule has 0 atom stereocenters. The van der Waals surface area contributed by atoms with E-state index in [1.54, 1.807) is 0 Å². The van der Waals surface area contributed by atoms with Gasteiger partial charge in [0.15, 0.2) is 11.4 Å². The number of aldehydes is 1. The monoisotopic (exact) mass is 306 g/mol. The molecule has 0 aliphatic carbocycles. The van der Waals surface area contributed by atoms with E-state index in [1.807, 2.05) is 6.92 Å². The van der Waals surface area contributed by atoms with Crippen molar-refractivity contribution in [2.24, 2.45) is 0 Å². The summed E-state index contributed by atoms with van der Waals surface area (Å²) in [5, 5.41) is 2.80. The van der Waals surface area contributed by atoms with E-state index in [1.165, 1.54) is 0 Å². The van der Waals surface area contributed by atoms with Crippen LogP contribution in [0.25, 0.3) is 0 Å². The number of nitrogens with one attached hydrogen (secondary N) is 1. The number of thiazole rings is 1. The fourth-order valence-electron chi connectivity index (χ4n) is 0.872. The number of halogens is 1. The number of anilines is 1. The van der Waals surface area contributed by atoms with Gasteiger partial charge in [0.05, 0.1) is 6.61 Å². The maximum absolute atomic E-state index is 11.2. The minimum absolute atomic E-state index is 0.343. The molecule has 7 heteroatoms. The van der Waals surface area contributed by atoms with Crippen LogP contribution in [0.3, 0.4) is 0 Å². The molecule has 1 N–H and O–H groups in total. The third-order valence-corrected chi connectivity index (χ3v) is 3.42. The molecule has 88 valence electrons. The molecular formula is C9H11BrN2O3S. The summed E-state index contributed by atoms with van der Waals surface area (Å²) in [7, 11) is 0. The number of ether oxygens (including phenoxy) is 1. The van der Waals surface area contributed by atoms with E-state index in [-0.39, 0.29) is 0 Å². The minimum Gasteiger partial charge on any atom is -0.449 e. The summed E-state index contributed by atoms with van der Waals surface area (Å²) in [6, 6.07) is 0. The van der Waals surface area contributed by atoms with Gasteiger partial charge in [-0.3, -0.25) is 10.1 Å². The summed E-state index contributed by atoms with van der Waals surface area (Å²) < 4.78 is 5.31. The molecule has 1 amide bonds. The van der Waals surface area contributed by atoms with Gasteiger partial charge in [-0.05, 0) is 22.4 Å². The van der Waals surface area contributed by atoms with Crippen molar-refractivity contribution in [3.8, 4) is 0 Å². The van der Waals surface area contributed by atoms with E-state index in [4.69, 9.17) is 4.74 Å². The molecule has 0 bridgehead atoms. The highest BCUT2D eigenvalue weighted by atomic mass is 79.9. The smallest absolute Gasteiger partial charge is 0.413 e. The summed E-state index contributed by atoms with van der Waals surface area (Å²) in [5.74, 6) is 0. The molecule has 1 heterocycles. The second-order valence-electron chi connectivity index (χ2n) is 2.91. The van der Waals surface area contributed by atoms with Gasteiger partial charge in [-0.2, -0.15) is 0 Å². The summed E-state index contributed by atoms with van der Waals surface area (Å²) in [4.78, 5) is 26.1. The molecule has 0 saturated heterocycles. The van der Waals surface area contributed by atoms with Gasteiger partial charge in [0, 0.05) is 0 Å². The zero-order chi connectivity index (χ0) is 12.0. The van der Waals surface area contributed by atoms with Gasteiger partial charge in [-0.15, -0.1) is 0 Å². The third-order valence-electron chi connectivity index (χ3n) is 1.66. The first-order valence-corrected chi connectivity index (χ1v) is 6.33. The second-order valence-corrected chi connectivity index (χ2v) is 4.69. The van der Waals surface area contributed by atoms with Gasteiger partial charge >= 0.3 is 6.09 Å². The molecule has 16 heavy (non-hydrogen) atoms. The van der Waals surface area contributed by atoms with Crippen molar-refractivity contribution in [3.05, 3.63) is 9.48 Å². The van der Waals surface area contributed by atoms with Crippen LogP contribution in [0.2, 0.25) is 0 Å². The highest BCUT2D eigenvalue weighted by Gasteiger charge is 2.10. The van der Waals surface area contributed by atoms with Crippen molar-refractivity contribution in [1.29, 1.82) is 0 Å². The molecule has 0 spiro atoms. The number of unbranched alkanes of at least 4 members (excludes halogenated alkanes) is 1. The Bertz CT molecular complexity index is 381. The Hall–Kier alpha value is -0.950. The van der Waals surface area contributed by atoms with Crippen LogP contribution >= 0.6 is 27.3 Å². The van der Waals surface area contributed by atoms with Crippen LogP contribution in [-0.4, -0.2) is 24.0 Å². The highest BCUT2D eigenvalue weighted by molar-refractivity contribution is 9.10.